The second-order valence-corrected chi connectivity index (χ2v) is 10.7. The van der Waals surface area contributed by atoms with E-state index in [0.717, 1.165) is 10.9 Å². The van der Waals surface area contributed by atoms with E-state index in [4.69, 9.17) is 4.74 Å². The molecule has 1 fully saturated rings. The number of benzene rings is 3. The fourth-order valence-corrected chi connectivity index (χ4v) is 6.42. The average molecular weight is 504 g/mol. The molecular formula is C28H29N3O4S. The van der Waals surface area contributed by atoms with E-state index in [0.29, 0.717) is 56.1 Å². The number of aromatic nitrogens is 1. The summed E-state index contributed by atoms with van der Waals surface area (Å²) >= 11 is 0. The highest BCUT2D eigenvalue weighted by molar-refractivity contribution is 7.90. The van der Waals surface area contributed by atoms with Crippen LogP contribution in [0.5, 0.6) is 0 Å². The molecule has 0 amide bonds. The molecule has 1 aromatic heterocycles. The maximum absolute atomic E-state index is 13.9. The van der Waals surface area contributed by atoms with Gasteiger partial charge in [0, 0.05) is 31.3 Å². The Labute approximate surface area is 211 Å². The number of fused-ring (bicyclic) bond motifs is 1. The largest absolute Gasteiger partial charge is 0.411 e. The molecule has 1 atom stereocenters. The first-order valence-electron chi connectivity index (χ1n) is 12.0. The van der Waals surface area contributed by atoms with E-state index in [1.807, 2.05) is 60.7 Å². The van der Waals surface area contributed by atoms with Crippen molar-refractivity contribution in [3.05, 3.63) is 102 Å². The van der Waals surface area contributed by atoms with E-state index in [1.54, 1.807) is 30.3 Å². The van der Waals surface area contributed by atoms with Crippen LogP contribution in [0.15, 0.2) is 101 Å². The van der Waals surface area contributed by atoms with Crippen molar-refractivity contribution in [2.75, 3.05) is 19.7 Å². The topological polar surface area (TPSA) is 84.1 Å². The first kappa shape index (κ1) is 24.2. The van der Waals surface area contributed by atoms with Crippen LogP contribution < -0.4 is 0 Å². The normalized spacial score (nSPS) is 18.1. The van der Waals surface area contributed by atoms with E-state index in [9.17, 15) is 13.6 Å². The Bertz CT molecular complexity index is 1450. The maximum atomic E-state index is 13.9. The summed E-state index contributed by atoms with van der Waals surface area (Å²) in [5.41, 5.74) is 3.06. The molecule has 2 heterocycles. The zero-order chi connectivity index (χ0) is 25.0. The Morgan fingerprint density at radius 2 is 1.64 bits per heavy atom. The molecular weight excluding hydrogens is 474 g/mol. The third-order valence-corrected chi connectivity index (χ3v) is 8.41. The number of oxime groups is 1. The first-order chi connectivity index (χ1) is 17.6. The zero-order valence-corrected chi connectivity index (χ0v) is 20.7. The van der Waals surface area contributed by atoms with E-state index < -0.39 is 10.0 Å². The van der Waals surface area contributed by atoms with Crippen LogP contribution in [0.1, 0.15) is 30.1 Å². The van der Waals surface area contributed by atoms with E-state index in [2.05, 4.69) is 10.1 Å². The smallest absolute Gasteiger partial charge is 0.268 e. The van der Waals surface area contributed by atoms with Gasteiger partial charge < -0.3 is 9.94 Å². The number of likely N-dealkylation sites (tertiary alicyclic amines) is 1. The maximum Gasteiger partial charge on any atom is 0.268 e. The molecule has 0 spiro atoms. The molecule has 3 aromatic carbocycles. The standard InChI is InChI=1S/C28H29N3O4S/c32-29-24-15-16-30(17-18-35-21-22-9-3-1-4-10-22)27(20-24)28-19-23-11-7-8-14-26(23)31(28)36(33,34)25-12-5-2-6-13-25/h1-14,19,27,32H,15-18,20-21H2/b29-24-. The van der Waals surface area contributed by atoms with Gasteiger partial charge in [0.15, 0.2) is 0 Å². The molecule has 0 bridgehead atoms. The molecule has 1 aliphatic rings. The number of rotatable bonds is 8. The van der Waals surface area contributed by atoms with Crippen LogP contribution in [0.3, 0.4) is 0 Å². The summed E-state index contributed by atoms with van der Waals surface area (Å²) in [5, 5.41) is 13.9. The van der Waals surface area contributed by atoms with E-state index in [-0.39, 0.29) is 10.9 Å². The quantitative estimate of drug-likeness (QED) is 0.206. The molecule has 5 rings (SSSR count). The molecule has 1 saturated heterocycles. The molecule has 8 heteroatoms. The molecule has 0 saturated carbocycles. The first-order valence-corrected chi connectivity index (χ1v) is 13.5. The summed E-state index contributed by atoms with van der Waals surface area (Å²) in [4.78, 5) is 2.46. The zero-order valence-electron chi connectivity index (χ0n) is 19.9. The van der Waals surface area contributed by atoms with Crippen molar-refractivity contribution in [1.82, 2.24) is 8.87 Å². The lowest BCUT2D eigenvalue weighted by molar-refractivity contribution is 0.0742. The summed E-state index contributed by atoms with van der Waals surface area (Å²) in [6, 6.07) is 27.7. The Morgan fingerprint density at radius 3 is 2.39 bits per heavy atom. The molecule has 4 aromatic rings. The van der Waals surface area contributed by atoms with Gasteiger partial charge in [-0.1, -0.05) is 71.9 Å². The second-order valence-electron chi connectivity index (χ2n) is 8.92. The summed E-state index contributed by atoms with van der Waals surface area (Å²) in [6.45, 7) is 2.29. The predicted molar refractivity (Wildman–Crippen MR) is 140 cm³/mol. The second kappa shape index (κ2) is 10.7. The summed E-state index contributed by atoms with van der Waals surface area (Å²) in [6.07, 6.45) is 1.06. The van der Waals surface area contributed by atoms with Gasteiger partial charge in [-0.3, -0.25) is 4.90 Å². The van der Waals surface area contributed by atoms with Crippen LogP contribution in [0.4, 0.5) is 0 Å². The molecule has 0 aliphatic carbocycles. The number of nitrogens with zero attached hydrogens (tertiary/aromatic N) is 3. The Morgan fingerprint density at radius 1 is 0.944 bits per heavy atom. The summed E-state index contributed by atoms with van der Waals surface area (Å²) in [5.74, 6) is 0. The van der Waals surface area contributed by atoms with Crippen LogP contribution in [0.25, 0.3) is 10.9 Å². The van der Waals surface area contributed by atoms with Crippen molar-refractivity contribution >= 4 is 26.6 Å². The number of para-hydroxylation sites is 1. The van der Waals surface area contributed by atoms with Crippen molar-refractivity contribution in [2.24, 2.45) is 5.16 Å². The number of piperidine rings is 1. The van der Waals surface area contributed by atoms with Crippen molar-refractivity contribution in [2.45, 2.75) is 30.4 Å². The van der Waals surface area contributed by atoms with Gasteiger partial charge in [-0.15, -0.1) is 0 Å². The minimum Gasteiger partial charge on any atom is -0.411 e. The van der Waals surface area contributed by atoms with Crippen LogP contribution in [0.2, 0.25) is 0 Å². The van der Waals surface area contributed by atoms with Crippen LogP contribution in [0, 0.1) is 0 Å². The third-order valence-electron chi connectivity index (χ3n) is 6.65. The van der Waals surface area contributed by atoms with Crippen molar-refractivity contribution in [3.63, 3.8) is 0 Å². The van der Waals surface area contributed by atoms with Gasteiger partial charge in [-0.25, -0.2) is 12.4 Å². The average Bonchev–Trinajstić information content (AvgIpc) is 3.32. The molecule has 1 N–H and O–H groups in total. The molecule has 186 valence electrons. The van der Waals surface area contributed by atoms with Gasteiger partial charge in [0.25, 0.3) is 10.0 Å². The SMILES string of the molecule is O=S(=O)(c1ccccc1)n1c(C2C/C(=N\O)CCN2CCOCc2ccccc2)cc2ccccc21. The van der Waals surface area contributed by atoms with Gasteiger partial charge in [-0.05, 0) is 29.8 Å². The van der Waals surface area contributed by atoms with Gasteiger partial charge in [0.1, 0.15) is 0 Å². The van der Waals surface area contributed by atoms with Gasteiger partial charge in [0.05, 0.1) is 41.1 Å². The lowest BCUT2D eigenvalue weighted by Gasteiger charge is -2.36. The molecule has 1 unspecified atom stereocenters. The molecule has 1 aliphatic heterocycles. The highest BCUT2D eigenvalue weighted by Gasteiger charge is 2.33. The fourth-order valence-electron chi connectivity index (χ4n) is 4.83. The van der Waals surface area contributed by atoms with Gasteiger partial charge in [-0.2, -0.15) is 0 Å². The Hall–Kier alpha value is -3.46. The molecule has 7 nitrogen and oxygen atoms in total. The molecule has 36 heavy (non-hydrogen) atoms. The van der Waals surface area contributed by atoms with Crippen LogP contribution in [-0.4, -0.2) is 47.9 Å². The summed E-state index contributed by atoms with van der Waals surface area (Å²) < 4.78 is 35.2. The van der Waals surface area contributed by atoms with E-state index in [1.165, 1.54) is 3.97 Å². The van der Waals surface area contributed by atoms with Crippen molar-refractivity contribution in [3.8, 4) is 0 Å². The molecule has 0 radical (unpaired) electrons. The van der Waals surface area contributed by atoms with Gasteiger partial charge in [0.2, 0.25) is 0 Å². The minimum absolute atomic E-state index is 0.234. The highest BCUT2D eigenvalue weighted by Crippen LogP contribution is 2.36. The number of hydrogen-bond donors (Lipinski definition) is 1. The number of ether oxygens (including phenoxy) is 1. The highest BCUT2D eigenvalue weighted by atomic mass is 32.2. The van der Waals surface area contributed by atoms with Crippen LogP contribution in [-0.2, 0) is 21.4 Å². The third kappa shape index (κ3) is 4.93. The summed E-state index contributed by atoms with van der Waals surface area (Å²) in [7, 11) is -3.85. The lowest BCUT2D eigenvalue weighted by atomic mass is 9.97. The van der Waals surface area contributed by atoms with Crippen LogP contribution >= 0.6 is 0 Å². The van der Waals surface area contributed by atoms with E-state index >= 15 is 0 Å². The predicted octanol–water partition coefficient (Wildman–Crippen LogP) is 5.06. The Kier molecular flexibility index (Phi) is 7.18. The monoisotopic (exact) mass is 503 g/mol. The van der Waals surface area contributed by atoms with Crippen molar-refractivity contribution < 1.29 is 18.4 Å². The number of hydrogen-bond acceptors (Lipinski definition) is 6. The van der Waals surface area contributed by atoms with Gasteiger partial charge >= 0.3 is 0 Å². The van der Waals surface area contributed by atoms with Crippen molar-refractivity contribution in [1.29, 1.82) is 0 Å². The fraction of sp³-hybridized carbons (Fsp3) is 0.250. The minimum atomic E-state index is -3.85. The Balaban J connectivity index is 1.49. The lowest BCUT2D eigenvalue weighted by Crippen LogP contribution is -2.40.